The molecule has 0 aliphatic carbocycles. The van der Waals surface area contributed by atoms with Crippen LogP contribution in [0.15, 0.2) is 27.8 Å². The molecule has 1 aliphatic rings. The lowest BCUT2D eigenvalue weighted by Crippen LogP contribution is -2.39. The Kier molecular flexibility index (Phi) is 5.90. The monoisotopic (exact) mass is 561 g/mol. The molecule has 4 aromatic rings. The van der Waals surface area contributed by atoms with E-state index >= 15 is 8.78 Å². The zero-order chi connectivity index (χ0) is 27.7. The first-order chi connectivity index (χ1) is 17.7. The summed E-state index contributed by atoms with van der Waals surface area (Å²) in [6, 6.07) is 4.88. The second-order valence-electron chi connectivity index (χ2n) is 9.95. The summed E-state index contributed by atoms with van der Waals surface area (Å²) in [5, 5.41) is 12.4. The lowest BCUT2D eigenvalue weighted by atomic mass is 9.78. The predicted molar refractivity (Wildman–Crippen MR) is 135 cm³/mol. The molecule has 9 nitrogen and oxygen atoms in total. The van der Waals surface area contributed by atoms with Crippen molar-refractivity contribution in [1.29, 1.82) is 5.26 Å². The zero-order valence-corrected chi connectivity index (χ0v) is 21.9. The highest BCUT2D eigenvalue weighted by Crippen LogP contribution is 2.48. The molecular formula is C25H19Cl2F2N5O4. The number of hydrogen-bond donors (Lipinski definition) is 2. The quantitative estimate of drug-likeness (QED) is 0.354. The molecule has 38 heavy (non-hydrogen) atoms. The first kappa shape index (κ1) is 25.9. The molecule has 2 N–H and O–H groups in total. The Labute approximate surface area is 223 Å². The molecule has 5 rings (SSSR count). The number of nitrogens with zero attached hydrogens (tertiary/aromatic N) is 3. The Hall–Kier alpha value is -3.72. The van der Waals surface area contributed by atoms with Crippen molar-refractivity contribution in [1.82, 2.24) is 19.7 Å². The molecular weight excluding hydrogens is 543 g/mol. The van der Waals surface area contributed by atoms with Crippen molar-refractivity contribution in [2.75, 3.05) is 6.61 Å². The van der Waals surface area contributed by atoms with Gasteiger partial charge in [0.2, 0.25) is 5.69 Å². The third kappa shape index (κ3) is 3.96. The maximum Gasteiger partial charge on any atom is 0.349 e. The topological polar surface area (TPSA) is 126 Å². The lowest BCUT2D eigenvalue weighted by molar-refractivity contribution is -0.0607. The van der Waals surface area contributed by atoms with Crippen LogP contribution in [0.2, 0.25) is 10.0 Å². The molecule has 0 unspecified atom stereocenters. The molecule has 0 spiro atoms. The Bertz CT molecular complexity index is 1790. The van der Waals surface area contributed by atoms with Gasteiger partial charge >= 0.3 is 5.69 Å². The third-order valence-corrected chi connectivity index (χ3v) is 6.94. The van der Waals surface area contributed by atoms with Crippen LogP contribution >= 0.6 is 23.2 Å². The Balaban J connectivity index is 1.64. The van der Waals surface area contributed by atoms with Gasteiger partial charge in [-0.25, -0.2) is 13.6 Å². The number of H-pyrrole nitrogens is 2. The summed E-state index contributed by atoms with van der Waals surface area (Å²) in [5.41, 5.74) is -2.77. The summed E-state index contributed by atoms with van der Waals surface area (Å²) < 4.78 is 43.6. The number of halogens is 4. The Morgan fingerprint density at radius 2 is 1.79 bits per heavy atom. The molecule has 2 aromatic heterocycles. The van der Waals surface area contributed by atoms with Crippen LogP contribution in [-0.4, -0.2) is 26.4 Å². The number of aromatic amines is 2. The van der Waals surface area contributed by atoms with Crippen molar-refractivity contribution >= 4 is 34.1 Å². The van der Waals surface area contributed by atoms with Crippen LogP contribution in [0.25, 0.3) is 16.6 Å². The molecule has 196 valence electrons. The van der Waals surface area contributed by atoms with E-state index in [0.29, 0.717) is 15.9 Å². The van der Waals surface area contributed by atoms with Gasteiger partial charge in [-0.05, 0) is 31.5 Å². The van der Waals surface area contributed by atoms with Gasteiger partial charge in [-0.3, -0.25) is 9.78 Å². The normalized spacial score (nSPS) is 15.8. The van der Waals surface area contributed by atoms with E-state index in [9.17, 15) is 9.59 Å². The standard InChI is InChI=1S/C25H19Cl2F2N5O4/c1-24(2)9-37-25(3,4)21-17(24)16-18(29)15(7-13(28)19(16)31-21)38-20-11(26)5-10(6-12(20)27)34-23(36)32-22(35)14(8-30)33-34/h5-7,31H,9H2,1-4H3,(H,32,35,36). The smallest absolute Gasteiger partial charge is 0.349 e. The number of benzene rings is 2. The summed E-state index contributed by atoms with van der Waals surface area (Å²) in [4.78, 5) is 28.8. The predicted octanol–water partition coefficient (Wildman–Crippen LogP) is 5.19. The first-order valence-corrected chi connectivity index (χ1v) is 12.0. The van der Waals surface area contributed by atoms with Gasteiger partial charge in [0.1, 0.15) is 11.7 Å². The second-order valence-corrected chi connectivity index (χ2v) is 10.8. The van der Waals surface area contributed by atoms with Crippen LogP contribution in [0, 0.1) is 23.0 Å². The molecule has 0 saturated heterocycles. The number of rotatable bonds is 3. The maximum absolute atomic E-state index is 16.0. The molecule has 0 amide bonds. The SMILES string of the molecule is CC1(C)COC(C)(C)c2[nH]c3c(F)cc(Oc4c(Cl)cc(-n5nc(C#N)c(=O)[nH]c5=O)cc4Cl)c(F)c3c21. The van der Waals surface area contributed by atoms with E-state index in [1.165, 1.54) is 12.1 Å². The summed E-state index contributed by atoms with van der Waals surface area (Å²) in [6.45, 7) is 7.66. The summed E-state index contributed by atoms with van der Waals surface area (Å²) >= 11 is 12.7. The molecule has 3 heterocycles. The largest absolute Gasteiger partial charge is 0.451 e. The number of aromatic nitrogens is 4. The number of hydrogen-bond acceptors (Lipinski definition) is 6. The average molecular weight is 562 g/mol. The van der Waals surface area contributed by atoms with E-state index in [-0.39, 0.29) is 39.0 Å². The number of fused-ring (bicyclic) bond motifs is 3. The summed E-state index contributed by atoms with van der Waals surface area (Å²) in [7, 11) is 0. The highest BCUT2D eigenvalue weighted by atomic mass is 35.5. The minimum absolute atomic E-state index is 0.00381. The highest BCUT2D eigenvalue weighted by Gasteiger charge is 2.42. The maximum atomic E-state index is 16.0. The highest BCUT2D eigenvalue weighted by molar-refractivity contribution is 6.37. The van der Waals surface area contributed by atoms with Crippen molar-refractivity contribution in [3.8, 4) is 23.3 Å². The third-order valence-electron chi connectivity index (χ3n) is 6.38. The van der Waals surface area contributed by atoms with Crippen LogP contribution in [0.1, 0.15) is 44.6 Å². The zero-order valence-electron chi connectivity index (χ0n) is 20.4. The van der Waals surface area contributed by atoms with Crippen LogP contribution in [0.5, 0.6) is 11.5 Å². The van der Waals surface area contributed by atoms with Crippen LogP contribution in [0.4, 0.5) is 8.78 Å². The lowest BCUT2D eigenvalue weighted by Gasteiger charge is -2.39. The van der Waals surface area contributed by atoms with Crippen molar-refractivity contribution in [2.24, 2.45) is 0 Å². The van der Waals surface area contributed by atoms with Crippen molar-refractivity contribution in [3.05, 3.63) is 77.7 Å². The van der Waals surface area contributed by atoms with Gasteiger partial charge in [-0.15, -0.1) is 5.10 Å². The van der Waals surface area contributed by atoms with Crippen molar-refractivity contribution in [3.63, 3.8) is 0 Å². The Morgan fingerprint density at radius 3 is 2.42 bits per heavy atom. The van der Waals surface area contributed by atoms with Crippen molar-refractivity contribution < 1.29 is 18.3 Å². The van der Waals surface area contributed by atoms with Crippen molar-refractivity contribution in [2.45, 2.75) is 38.7 Å². The fourth-order valence-corrected chi connectivity index (χ4v) is 5.06. The minimum Gasteiger partial charge on any atom is -0.451 e. The van der Waals surface area contributed by atoms with E-state index in [1.54, 1.807) is 6.07 Å². The van der Waals surface area contributed by atoms with Crippen LogP contribution in [-0.2, 0) is 15.8 Å². The fraction of sp³-hybridized carbons (Fsp3) is 0.280. The van der Waals surface area contributed by atoms with E-state index in [0.717, 1.165) is 6.07 Å². The number of ether oxygens (including phenoxy) is 2. The number of nitrogens with one attached hydrogen (secondary N) is 2. The molecule has 0 radical (unpaired) electrons. The summed E-state index contributed by atoms with van der Waals surface area (Å²) in [5.74, 6) is -2.24. The van der Waals surface area contributed by atoms with Gasteiger partial charge in [0.05, 0.1) is 33.6 Å². The molecule has 0 bridgehead atoms. The second kappa shape index (κ2) is 8.66. The molecule has 0 fully saturated rings. The molecule has 1 aliphatic heterocycles. The Morgan fingerprint density at radius 1 is 1.13 bits per heavy atom. The summed E-state index contributed by atoms with van der Waals surface area (Å²) in [6.07, 6.45) is 0. The average Bonchev–Trinajstić information content (AvgIpc) is 3.27. The van der Waals surface area contributed by atoms with E-state index < -0.39 is 45.3 Å². The van der Waals surface area contributed by atoms with Gasteiger partial charge in [-0.1, -0.05) is 37.0 Å². The van der Waals surface area contributed by atoms with Gasteiger partial charge < -0.3 is 14.5 Å². The van der Waals surface area contributed by atoms with E-state index in [2.05, 4.69) is 10.1 Å². The van der Waals surface area contributed by atoms with Gasteiger partial charge in [-0.2, -0.15) is 9.94 Å². The van der Waals surface area contributed by atoms with Gasteiger partial charge in [0.25, 0.3) is 5.56 Å². The molecule has 2 aromatic carbocycles. The molecule has 0 saturated carbocycles. The fourth-order valence-electron chi connectivity index (χ4n) is 4.50. The van der Waals surface area contributed by atoms with E-state index in [1.807, 2.05) is 32.7 Å². The van der Waals surface area contributed by atoms with Gasteiger partial charge in [0.15, 0.2) is 23.1 Å². The minimum atomic E-state index is -0.955. The molecule has 13 heteroatoms. The van der Waals surface area contributed by atoms with Crippen LogP contribution in [0.3, 0.4) is 0 Å². The van der Waals surface area contributed by atoms with E-state index in [4.69, 9.17) is 37.9 Å². The first-order valence-electron chi connectivity index (χ1n) is 11.2. The van der Waals surface area contributed by atoms with Crippen LogP contribution < -0.4 is 16.0 Å². The van der Waals surface area contributed by atoms with Gasteiger partial charge in [0, 0.05) is 16.9 Å². The number of nitriles is 1. The molecule has 0 atom stereocenters.